The molecule has 0 spiro atoms. The number of piperidine rings is 1. The Morgan fingerprint density at radius 2 is 1.80 bits per heavy atom. The molecular formula is C15H30N2OS2. The zero-order chi connectivity index (χ0) is 15.0. The number of nitrogens with zero attached hydrogens (tertiary/aromatic N) is 1. The first kappa shape index (κ1) is 18.2. The zero-order valence-corrected chi connectivity index (χ0v) is 15.0. The number of carbonyl (C=O) groups is 1. The quantitative estimate of drug-likeness (QED) is 0.687. The third kappa shape index (κ3) is 7.79. The van der Waals surface area contributed by atoms with Crippen LogP contribution in [0.2, 0.25) is 0 Å². The topological polar surface area (TPSA) is 32.3 Å². The van der Waals surface area contributed by atoms with E-state index in [0.29, 0.717) is 11.2 Å². The second-order valence-electron chi connectivity index (χ2n) is 6.28. The fourth-order valence-corrected chi connectivity index (χ4v) is 4.68. The normalized spacial score (nSPS) is 18.5. The summed E-state index contributed by atoms with van der Waals surface area (Å²) in [5, 5.41) is 2.73. The van der Waals surface area contributed by atoms with E-state index in [9.17, 15) is 4.79 Å². The molecule has 1 saturated heterocycles. The Bertz CT molecular complexity index is 279. The maximum Gasteiger partial charge on any atom is 0.238 e. The minimum Gasteiger partial charge on any atom is -0.289 e. The van der Waals surface area contributed by atoms with Gasteiger partial charge in [-0.3, -0.25) is 10.2 Å². The second kappa shape index (κ2) is 9.96. The molecule has 20 heavy (non-hydrogen) atoms. The van der Waals surface area contributed by atoms with E-state index in [1.54, 1.807) is 0 Å². The summed E-state index contributed by atoms with van der Waals surface area (Å²) in [5.41, 5.74) is 3.13. The Balaban J connectivity index is 2.41. The second-order valence-corrected chi connectivity index (χ2v) is 9.27. The molecule has 0 aromatic carbocycles. The largest absolute Gasteiger partial charge is 0.289 e. The molecule has 0 aliphatic carbocycles. The van der Waals surface area contributed by atoms with Crippen LogP contribution in [0.5, 0.6) is 0 Å². The van der Waals surface area contributed by atoms with E-state index in [0.717, 1.165) is 25.3 Å². The molecule has 0 radical (unpaired) electrons. The molecule has 0 saturated carbocycles. The third-order valence-corrected chi connectivity index (χ3v) is 6.31. The fourth-order valence-electron chi connectivity index (χ4n) is 2.33. The summed E-state index contributed by atoms with van der Waals surface area (Å²) in [6.45, 7) is 10.8. The lowest BCUT2D eigenvalue weighted by Crippen LogP contribution is -2.47. The highest BCUT2D eigenvalue weighted by atomic mass is 33.1. The van der Waals surface area contributed by atoms with Crippen LogP contribution in [0.3, 0.4) is 0 Å². The molecule has 1 fully saturated rings. The molecular weight excluding hydrogens is 288 g/mol. The molecule has 3 nitrogen and oxygen atoms in total. The summed E-state index contributed by atoms with van der Waals surface area (Å²) in [5.74, 6) is 1.84. The van der Waals surface area contributed by atoms with Crippen molar-refractivity contribution in [1.82, 2.24) is 10.4 Å². The number of hydrazine groups is 1. The Morgan fingerprint density at radius 1 is 1.15 bits per heavy atom. The van der Waals surface area contributed by atoms with Gasteiger partial charge < -0.3 is 0 Å². The van der Waals surface area contributed by atoms with E-state index >= 15 is 0 Å². The van der Waals surface area contributed by atoms with Gasteiger partial charge in [0.1, 0.15) is 0 Å². The molecule has 1 rings (SSSR count). The molecule has 1 aliphatic heterocycles. The van der Waals surface area contributed by atoms with Gasteiger partial charge in [0.05, 0.1) is 0 Å². The van der Waals surface area contributed by atoms with Crippen LogP contribution in [0.15, 0.2) is 0 Å². The molecule has 1 unspecified atom stereocenters. The van der Waals surface area contributed by atoms with Crippen LogP contribution < -0.4 is 5.43 Å². The van der Waals surface area contributed by atoms with Crippen LogP contribution in [0, 0.1) is 11.8 Å². The van der Waals surface area contributed by atoms with Crippen molar-refractivity contribution in [3.8, 4) is 0 Å². The van der Waals surface area contributed by atoms with Crippen LogP contribution in [0.25, 0.3) is 0 Å². The van der Waals surface area contributed by atoms with E-state index in [1.165, 1.54) is 19.3 Å². The van der Waals surface area contributed by atoms with Crippen LogP contribution in [0.1, 0.15) is 53.4 Å². The third-order valence-electron chi connectivity index (χ3n) is 3.28. The maximum absolute atomic E-state index is 12.4. The number of carbonyl (C=O) groups excluding carboxylic acids is 1. The van der Waals surface area contributed by atoms with Crippen molar-refractivity contribution in [3.05, 3.63) is 0 Å². The Hall–Kier alpha value is 0.130. The summed E-state index contributed by atoms with van der Waals surface area (Å²) < 4.78 is 0. The van der Waals surface area contributed by atoms with Crippen LogP contribution >= 0.6 is 21.6 Å². The maximum atomic E-state index is 12.4. The smallest absolute Gasteiger partial charge is 0.238 e. The predicted octanol–water partition coefficient (Wildman–Crippen LogP) is 3.96. The van der Waals surface area contributed by atoms with Crippen molar-refractivity contribution < 1.29 is 4.79 Å². The van der Waals surface area contributed by atoms with Gasteiger partial charge in [-0.05, 0) is 25.2 Å². The van der Waals surface area contributed by atoms with Gasteiger partial charge in [0, 0.05) is 30.0 Å². The summed E-state index contributed by atoms with van der Waals surface area (Å²) >= 11 is 0. The summed E-state index contributed by atoms with van der Waals surface area (Å²) in [6, 6.07) is 0. The van der Waals surface area contributed by atoms with Crippen molar-refractivity contribution in [2.45, 2.75) is 58.6 Å². The van der Waals surface area contributed by atoms with Gasteiger partial charge in [-0.25, -0.2) is 5.01 Å². The summed E-state index contributed by atoms with van der Waals surface area (Å²) in [7, 11) is 3.71. The van der Waals surface area contributed by atoms with Crippen molar-refractivity contribution in [3.63, 3.8) is 0 Å². The van der Waals surface area contributed by atoms with E-state index < -0.39 is 0 Å². The molecule has 1 atom stereocenters. The summed E-state index contributed by atoms with van der Waals surface area (Å²) in [4.78, 5) is 12.4. The lowest BCUT2D eigenvalue weighted by atomic mass is 9.98. The molecule has 1 heterocycles. The predicted molar refractivity (Wildman–Crippen MR) is 91.7 cm³/mol. The lowest BCUT2D eigenvalue weighted by molar-refractivity contribution is -0.130. The van der Waals surface area contributed by atoms with Crippen LogP contribution in [0.4, 0.5) is 0 Å². The molecule has 0 aromatic heterocycles. The van der Waals surface area contributed by atoms with Crippen molar-refractivity contribution in [1.29, 1.82) is 0 Å². The number of hydrogen-bond donors (Lipinski definition) is 1. The molecule has 1 N–H and O–H groups in total. The van der Waals surface area contributed by atoms with E-state index in [4.69, 9.17) is 0 Å². The number of amides is 1. The van der Waals surface area contributed by atoms with Crippen molar-refractivity contribution in [2.75, 3.05) is 18.8 Å². The Morgan fingerprint density at radius 3 is 2.35 bits per heavy atom. The Labute approximate surface area is 132 Å². The minimum absolute atomic E-state index is 0.133. The number of rotatable bonds is 8. The molecule has 0 bridgehead atoms. The summed E-state index contributed by atoms with van der Waals surface area (Å²) in [6.07, 6.45) is 4.67. The SMILES string of the molecule is CC(C)CC(CSSC(C)C)C(=O)NN1CCCCC1. The first-order valence-electron chi connectivity index (χ1n) is 7.82. The van der Waals surface area contributed by atoms with Gasteiger partial charge in [0.25, 0.3) is 0 Å². The standard InChI is InChI=1S/C15H30N2OS2/c1-12(2)10-14(11-19-20-13(3)4)15(18)16-17-8-6-5-7-9-17/h12-14H,5-11H2,1-4H3,(H,16,18). The first-order chi connectivity index (χ1) is 9.49. The van der Waals surface area contributed by atoms with E-state index in [1.807, 2.05) is 21.6 Å². The monoisotopic (exact) mass is 318 g/mol. The zero-order valence-electron chi connectivity index (χ0n) is 13.4. The van der Waals surface area contributed by atoms with E-state index in [-0.39, 0.29) is 11.8 Å². The Kier molecular flexibility index (Phi) is 9.05. The lowest BCUT2D eigenvalue weighted by Gasteiger charge is -2.29. The highest BCUT2D eigenvalue weighted by molar-refractivity contribution is 8.76. The van der Waals surface area contributed by atoms with Gasteiger partial charge in [0.2, 0.25) is 5.91 Å². The van der Waals surface area contributed by atoms with Crippen LogP contribution in [-0.2, 0) is 4.79 Å². The van der Waals surface area contributed by atoms with Crippen molar-refractivity contribution in [2.24, 2.45) is 11.8 Å². The molecule has 1 aliphatic rings. The highest BCUT2D eigenvalue weighted by Crippen LogP contribution is 2.30. The highest BCUT2D eigenvalue weighted by Gasteiger charge is 2.22. The fraction of sp³-hybridized carbons (Fsp3) is 0.933. The van der Waals surface area contributed by atoms with Gasteiger partial charge in [0.15, 0.2) is 0 Å². The van der Waals surface area contributed by atoms with Gasteiger partial charge >= 0.3 is 0 Å². The number of hydrogen-bond acceptors (Lipinski definition) is 4. The minimum atomic E-state index is 0.133. The first-order valence-corrected chi connectivity index (χ1v) is 10.2. The molecule has 118 valence electrons. The van der Waals surface area contributed by atoms with Gasteiger partial charge in [-0.15, -0.1) is 0 Å². The van der Waals surface area contributed by atoms with E-state index in [2.05, 4.69) is 38.1 Å². The van der Waals surface area contributed by atoms with Crippen molar-refractivity contribution >= 4 is 27.5 Å². The average molecular weight is 319 g/mol. The van der Waals surface area contributed by atoms with Gasteiger partial charge in [-0.2, -0.15) is 0 Å². The van der Waals surface area contributed by atoms with Crippen LogP contribution in [-0.4, -0.2) is 35.0 Å². The van der Waals surface area contributed by atoms with Gasteiger partial charge in [-0.1, -0.05) is 55.7 Å². The molecule has 5 heteroatoms. The molecule has 0 aromatic rings. The average Bonchev–Trinajstić information content (AvgIpc) is 2.37. The number of nitrogens with one attached hydrogen (secondary N) is 1. The molecule has 1 amide bonds.